The van der Waals surface area contributed by atoms with Crippen LogP contribution in [0.15, 0.2) is 22.7 Å². The van der Waals surface area contributed by atoms with Crippen LogP contribution >= 0.6 is 15.9 Å². The van der Waals surface area contributed by atoms with Crippen LogP contribution in [0.4, 0.5) is 5.69 Å². The highest BCUT2D eigenvalue weighted by Crippen LogP contribution is 2.28. The van der Waals surface area contributed by atoms with Crippen molar-refractivity contribution in [3.63, 3.8) is 0 Å². The van der Waals surface area contributed by atoms with E-state index in [0.717, 1.165) is 15.7 Å². The Kier molecular flexibility index (Phi) is 3.75. The maximum Gasteiger partial charge on any atom is 0.153 e. The molecule has 2 N–H and O–H groups in total. The SMILES string of the molecule is NCc1c(Br)cccc1N1CCS(=O)(=O)CC1. The second-order valence-corrected chi connectivity index (χ2v) is 7.24. The molecule has 1 fully saturated rings. The fourth-order valence-corrected chi connectivity index (χ4v) is 3.72. The van der Waals surface area contributed by atoms with E-state index < -0.39 is 9.84 Å². The summed E-state index contributed by atoms with van der Waals surface area (Å²) >= 11 is 3.47. The molecule has 1 heterocycles. The normalized spacial score (nSPS) is 19.3. The van der Waals surface area contributed by atoms with Crippen LogP contribution in [-0.4, -0.2) is 33.0 Å². The highest BCUT2D eigenvalue weighted by atomic mass is 79.9. The van der Waals surface area contributed by atoms with Crippen molar-refractivity contribution in [2.75, 3.05) is 29.5 Å². The van der Waals surface area contributed by atoms with E-state index in [1.54, 1.807) is 0 Å². The molecule has 1 aliphatic heterocycles. The van der Waals surface area contributed by atoms with E-state index in [1.165, 1.54) is 0 Å². The Morgan fingerprint density at radius 3 is 2.53 bits per heavy atom. The fourth-order valence-electron chi connectivity index (χ4n) is 2.00. The van der Waals surface area contributed by atoms with Crippen LogP contribution in [0.1, 0.15) is 5.56 Å². The minimum absolute atomic E-state index is 0.226. The van der Waals surface area contributed by atoms with E-state index in [2.05, 4.69) is 20.8 Å². The van der Waals surface area contributed by atoms with Crippen molar-refractivity contribution in [2.45, 2.75) is 6.54 Å². The van der Waals surface area contributed by atoms with Gasteiger partial charge in [-0.15, -0.1) is 0 Å². The lowest BCUT2D eigenvalue weighted by Crippen LogP contribution is -2.40. The molecule has 4 nitrogen and oxygen atoms in total. The van der Waals surface area contributed by atoms with Gasteiger partial charge in [0.1, 0.15) is 0 Å². The Morgan fingerprint density at radius 1 is 1.29 bits per heavy atom. The standard InChI is InChI=1S/C11H15BrN2O2S/c12-10-2-1-3-11(9(10)8-13)14-4-6-17(15,16)7-5-14/h1-3H,4-8,13H2. The second-order valence-electron chi connectivity index (χ2n) is 4.08. The van der Waals surface area contributed by atoms with Crippen molar-refractivity contribution in [3.05, 3.63) is 28.2 Å². The highest BCUT2D eigenvalue weighted by Gasteiger charge is 2.23. The number of nitrogens with two attached hydrogens (primary N) is 1. The Hall–Kier alpha value is -0.590. The van der Waals surface area contributed by atoms with Gasteiger partial charge < -0.3 is 10.6 Å². The predicted octanol–water partition coefficient (Wildman–Crippen LogP) is 1.14. The summed E-state index contributed by atoms with van der Waals surface area (Å²) in [6.07, 6.45) is 0. The van der Waals surface area contributed by atoms with Crippen LogP contribution in [0, 0.1) is 0 Å². The summed E-state index contributed by atoms with van der Waals surface area (Å²) in [5.74, 6) is 0.451. The summed E-state index contributed by atoms with van der Waals surface area (Å²) in [5.41, 5.74) is 7.81. The van der Waals surface area contributed by atoms with Gasteiger partial charge >= 0.3 is 0 Å². The van der Waals surface area contributed by atoms with Crippen molar-refractivity contribution < 1.29 is 8.42 Å². The molecule has 0 aromatic heterocycles. The lowest BCUT2D eigenvalue weighted by atomic mass is 10.1. The summed E-state index contributed by atoms with van der Waals surface area (Å²) < 4.78 is 23.8. The van der Waals surface area contributed by atoms with Crippen LogP contribution in [0.5, 0.6) is 0 Å². The van der Waals surface area contributed by atoms with Gasteiger partial charge in [-0.1, -0.05) is 22.0 Å². The zero-order valence-electron chi connectivity index (χ0n) is 9.39. The molecule has 0 aliphatic carbocycles. The first-order valence-electron chi connectivity index (χ1n) is 5.46. The number of halogens is 1. The molecule has 0 unspecified atom stereocenters. The van der Waals surface area contributed by atoms with Gasteiger partial charge in [0.2, 0.25) is 0 Å². The molecule has 0 atom stereocenters. The highest BCUT2D eigenvalue weighted by molar-refractivity contribution is 9.10. The Labute approximate surface area is 110 Å². The topological polar surface area (TPSA) is 63.4 Å². The average Bonchev–Trinajstić information content (AvgIpc) is 2.29. The van der Waals surface area contributed by atoms with E-state index in [1.807, 2.05) is 18.2 Å². The third-order valence-electron chi connectivity index (χ3n) is 2.98. The molecule has 0 spiro atoms. The molecule has 0 amide bonds. The zero-order valence-corrected chi connectivity index (χ0v) is 11.8. The molecule has 1 aliphatic rings. The monoisotopic (exact) mass is 318 g/mol. The summed E-state index contributed by atoms with van der Waals surface area (Å²) in [5, 5.41) is 0. The summed E-state index contributed by atoms with van der Waals surface area (Å²) in [6.45, 7) is 1.54. The van der Waals surface area contributed by atoms with Crippen LogP contribution < -0.4 is 10.6 Å². The molecular weight excluding hydrogens is 304 g/mol. The van der Waals surface area contributed by atoms with Gasteiger partial charge in [0.25, 0.3) is 0 Å². The second kappa shape index (κ2) is 4.96. The first-order valence-corrected chi connectivity index (χ1v) is 8.08. The Bertz CT molecular complexity index is 502. The molecule has 1 saturated heterocycles. The number of hydrogen-bond donors (Lipinski definition) is 1. The van der Waals surface area contributed by atoms with Crippen molar-refractivity contribution in [1.82, 2.24) is 0 Å². The number of anilines is 1. The van der Waals surface area contributed by atoms with Gasteiger partial charge in [-0.25, -0.2) is 8.42 Å². The van der Waals surface area contributed by atoms with E-state index in [4.69, 9.17) is 5.73 Å². The van der Waals surface area contributed by atoms with Gasteiger partial charge in [0.15, 0.2) is 9.84 Å². The van der Waals surface area contributed by atoms with Crippen molar-refractivity contribution in [3.8, 4) is 0 Å². The van der Waals surface area contributed by atoms with E-state index in [9.17, 15) is 8.42 Å². The van der Waals surface area contributed by atoms with Gasteiger partial charge in [0, 0.05) is 35.4 Å². The molecule has 1 aromatic carbocycles. The van der Waals surface area contributed by atoms with Crippen molar-refractivity contribution in [1.29, 1.82) is 0 Å². The van der Waals surface area contributed by atoms with Gasteiger partial charge in [0.05, 0.1) is 11.5 Å². The molecule has 0 bridgehead atoms. The van der Waals surface area contributed by atoms with E-state index in [-0.39, 0.29) is 11.5 Å². The molecule has 17 heavy (non-hydrogen) atoms. The smallest absolute Gasteiger partial charge is 0.153 e. The largest absolute Gasteiger partial charge is 0.369 e. The molecule has 0 radical (unpaired) electrons. The van der Waals surface area contributed by atoms with Crippen molar-refractivity contribution in [2.24, 2.45) is 5.73 Å². The van der Waals surface area contributed by atoms with Crippen LogP contribution in [0.3, 0.4) is 0 Å². The maximum absolute atomic E-state index is 11.4. The first kappa shape index (κ1) is 12.9. The predicted molar refractivity (Wildman–Crippen MR) is 72.9 cm³/mol. The third kappa shape index (κ3) is 2.81. The molecule has 94 valence electrons. The summed E-state index contributed by atoms with van der Waals surface area (Å²) in [7, 11) is -2.84. The molecular formula is C11H15BrN2O2S. The number of sulfone groups is 1. The molecule has 0 saturated carbocycles. The quantitative estimate of drug-likeness (QED) is 0.888. The molecule has 1 aromatic rings. The maximum atomic E-state index is 11.4. The lowest BCUT2D eigenvalue weighted by Gasteiger charge is -2.30. The summed E-state index contributed by atoms with van der Waals surface area (Å²) in [4.78, 5) is 2.09. The average molecular weight is 319 g/mol. The molecule has 6 heteroatoms. The first-order chi connectivity index (χ1) is 8.03. The number of benzene rings is 1. The van der Waals surface area contributed by atoms with Crippen molar-refractivity contribution >= 4 is 31.5 Å². The lowest BCUT2D eigenvalue weighted by molar-refractivity contribution is 0.586. The van der Waals surface area contributed by atoms with Gasteiger partial charge in [-0.05, 0) is 12.1 Å². The molecule has 2 rings (SSSR count). The number of rotatable bonds is 2. The van der Waals surface area contributed by atoms with Crippen LogP contribution in [-0.2, 0) is 16.4 Å². The zero-order chi connectivity index (χ0) is 12.5. The van der Waals surface area contributed by atoms with Gasteiger partial charge in [-0.3, -0.25) is 0 Å². The number of hydrogen-bond acceptors (Lipinski definition) is 4. The van der Waals surface area contributed by atoms with E-state index >= 15 is 0 Å². The fraction of sp³-hybridized carbons (Fsp3) is 0.455. The number of nitrogens with zero attached hydrogens (tertiary/aromatic N) is 1. The third-order valence-corrected chi connectivity index (χ3v) is 5.34. The minimum Gasteiger partial charge on any atom is -0.369 e. The van der Waals surface area contributed by atoms with Crippen LogP contribution in [0.25, 0.3) is 0 Å². The summed E-state index contributed by atoms with van der Waals surface area (Å²) in [6, 6.07) is 5.89. The van der Waals surface area contributed by atoms with Gasteiger partial charge in [-0.2, -0.15) is 0 Å². The minimum atomic E-state index is -2.84. The Morgan fingerprint density at radius 2 is 1.94 bits per heavy atom. The van der Waals surface area contributed by atoms with E-state index in [0.29, 0.717) is 19.6 Å². The Balaban J connectivity index is 2.27. The van der Waals surface area contributed by atoms with Crippen LogP contribution in [0.2, 0.25) is 0 Å².